The molecule has 0 unspecified atom stereocenters. The third-order valence-corrected chi connectivity index (χ3v) is 5.35. The Hall–Kier alpha value is -1.64. The summed E-state index contributed by atoms with van der Waals surface area (Å²) in [5.41, 5.74) is 4.31. The van der Waals surface area contributed by atoms with Gasteiger partial charge in [0.2, 0.25) is 0 Å². The molecule has 106 valence electrons. The third-order valence-electron chi connectivity index (χ3n) is 4.43. The lowest BCUT2D eigenvalue weighted by molar-refractivity contribution is 0.200. The van der Waals surface area contributed by atoms with Crippen molar-refractivity contribution >= 4 is 22.1 Å². The smallest absolute Gasteiger partial charge is 0.0343 e. The van der Waals surface area contributed by atoms with Gasteiger partial charge in [-0.2, -0.15) is 0 Å². The number of rotatable bonds is 2. The average Bonchev–Trinajstić information content (AvgIpc) is 3.01. The molecule has 0 amide bonds. The molecule has 2 aromatic carbocycles. The first-order chi connectivity index (χ1) is 10.2. The van der Waals surface area contributed by atoms with Crippen molar-refractivity contribution in [2.75, 3.05) is 0 Å². The first-order valence-corrected chi connectivity index (χ1v) is 8.43. The molecule has 21 heavy (non-hydrogen) atoms. The van der Waals surface area contributed by atoms with Crippen molar-refractivity contribution in [3.8, 4) is 10.4 Å². The first kappa shape index (κ1) is 13.1. The normalized spacial score (nSPS) is 15.0. The molecule has 0 atom stereocenters. The molecule has 0 bridgehead atoms. The van der Waals surface area contributed by atoms with Crippen molar-refractivity contribution in [2.45, 2.75) is 33.0 Å². The van der Waals surface area contributed by atoms with E-state index < -0.39 is 0 Å². The molecule has 0 radical (unpaired) electrons. The van der Waals surface area contributed by atoms with Crippen LogP contribution in [0.1, 0.15) is 25.0 Å². The number of thiophene rings is 1. The Bertz CT molecular complexity index is 787. The van der Waals surface area contributed by atoms with Gasteiger partial charge in [-0.15, -0.1) is 11.3 Å². The van der Waals surface area contributed by atoms with E-state index >= 15 is 0 Å². The molecule has 0 N–H and O–H groups in total. The van der Waals surface area contributed by atoms with Gasteiger partial charge in [0.25, 0.3) is 0 Å². The van der Waals surface area contributed by atoms with Crippen molar-refractivity contribution in [3.63, 3.8) is 0 Å². The van der Waals surface area contributed by atoms with Gasteiger partial charge in [-0.25, -0.2) is 0 Å². The van der Waals surface area contributed by atoms with Crippen LogP contribution in [-0.2, 0) is 13.1 Å². The maximum atomic E-state index is 2.55. The van der Waals surface area contributed by atoms with Gasteiger partial charge in [-0.05, 0) is 64.9 Å². The summed E-state index contributed by atoms with van der Waals surface area (Å²) in [5.74, 6) is 0. The van der Waals surface area contributed by atoms with Crippen molar-refractivity contribution in [1.29, 1.82) is 0 Å². The maximum absolute atomic E-state index is 2.55. The zero-order valence-electron chi connectivity index (χ0n) is 12.5. The van der Waals surface area contributed by atoms with Crippen LogP contribution in [0.25, 0.3) is 21.2 Å². The van der Waals surface area contributed by atoms with E-state index in [-0.39, 0.29) is 0 Å². The Balaban J connectivity index is 1.93. The Morgan fingerprint density at radius 1 is 1.00 bits per heavy atom. The van der Waals surface area contributed by atoms with Crippen LogP contribution in [0.15, 0.2) is 47.8 Å². The summed E-state index contributed by atoms with van der Waals surface area (Å²) in [5, 5.41) is 5.02. The van der Waals surface area contributed by atoms with Gasteiger partial charge in [0.15, 0.2) is 0 Å². The molecule has 1 aliphatic rings. The summed E-state index contributed by atoms with van der Waals surface area (Å²) in [4.78, 5) is 3.91. The summed E-state index contributed by atoms with van der Waals surface area (Å²) in [6.45, 7) is 6.70. The molecule has 0 saturated heterocycles. The van der Waals surface area contributed by atoms with Crippen LogP contribution in [-0.4, -0.2) is 10.9 Å². The van der Waals surface area contributed by atoms with Crippen LogP contribution < -0.4 is 0 Å². The summed E-state index contributed by atoms with van der Waals surface area (Å²) >= 11 is 1.82. The summed E-state index contributed by atoms with van der Waals surface area (Å²) < 4.78 is 0. The molecule has 2 heteroatoms. The Labute approximate surface area is 129 Å². The van der Waals surface area contributed by atoms with Crippen LogP contribution in [0.2, 0.25) is 0 Å². The van der Waals surface area contributed by atoms with E-state index in [2.05, 4.69) is 66.6 Å². The van der Waals surface area contributed by atoms with Gasteiger partial charge >= 0.3 is 0 Å². The van der Waals surface area contributed by atoms with Gasteiger partial charge in [0, 0.05) is 24.0 Å². The standard InChI is InChI=1S/C19H19NS/c1-13(2)20-11-15-6-3-5-14-9-16(18-7-4-8-21-18)10-17(12-20)19(14)15/h3-10,13H,11-12H2,1-2H3. The second-order valence-electron chi connectivity index (χ2n) is 6.13. The lowest BCUT2D eigenvalue weighted by Crippen LogP contribution is -2.32. The van der Waals surface area contributed by atoms with E-state index in [1.807, 2.05) is 11.3 Å². The van der Waals surface area contributed by atoms with E-state index in [0.29, 0.717) is 6.04 Å². The molecule has 0 saturated carbocycles. The molecular formula is C19H19NS. The van der Waals surface area contributed by atoms with E-state index in [9.17, 15) is 0 Å². The monoisotopic (exact) mass is 293 g/mol. The van der Waals surface area contributed by atoms with E-state index in [1.165, 1.54) is 32.3 Å². The van der Waals surface area contributed by atoms with Gasteiger partial charge in [-0.1, -0.05) is 24.3 Å². The Morgan fingerprint density at radius 2 is 1.86 bits per heavy atom. The first-order valence-electron chi connectivity index (χ1n) is 7.55. The summed E-state index contributed by atoms with van der Waals surface area (Å²) in [7, 11) is 0. The topological polar surface area (TPSA) is 3.24 Å². The van der Waals surface area contributed by atoms with Crippen molar-refractivity contribution in [2.24, 2.45) is 0 Å². The lowest BCUT2D eigenvalue weighted by Gasteiger charge is -2.32. The highest BCUT2D eigenvalue weighted by molar-refractivity contribution is 7.13. The second kappa shape index (κ2) is 4.97. The molecule has 4 rings (SSSR count). The quantitative estimate of drug-likeness (QED) is 0.620. The predicted molar refractivity (Wildman–Crippen MR) is 91.6 cm³/mol. The molecular weight excluding hydrogens is 274 g/mol. The van der Waals surface area contributed by atoms with E-state index in [1.54, 1.807) is 0 Å². The van der Waals surface area contributed by atoms with Crippen molar-refractivity contribution in [1.82, 2.24) is 4.90 Å². The van der Waals surface area contributed by atoms with Crippen molar-refractivity contribution in [3.05, 3.63) is 59.0 Å². The minimum Gasteiger partial charge on any atom is -0.292 e. The van der Waals surface area contributed by atoms with E-state index in [4.69, 9.17) is 0 Å². The number of benzene rings is 2. The molecule has 3 aromatic rings. The summed E-state index contributed by atoms with van der Waals surface area (Å²) in [6, 6.07) is 16.4. The largest absolute Gasteiger partial charge is 0.292 e. The number of hydrogen-bond acceptors (Lipinski definition) is 2. The molecule has 2 heterocycles. The van der Waals surface area contributed by atoms with Crippen LogP contribution >= 0.6 is 11.3 Å². The van der Waals surface area contributed by atoms with Crippen LogP contribution in [0.4, 0.5) is 0 Å². The second-order valence-corrected chi connectivity index (χ2v) is 7.07. The molecule has 0 aliphatic carbocycles. The highest BCUT2D eigenvalue weighted by Crippen LogP contribution is 2.36. The van der Waals surface area contributed by atoms with E-state index in [0.717, 1.165) is 13.1 Å². The molecule has 1 nitrogen and oxygen atoms in total. The van der Waals surface area contributed by atoms with Crippen molar-refractivity contribution < 1.29 is 0 Å². The van der Waals surface area contributed by atoms with Crippen LogP contribution in [0.3, 0.4) is 0 Å². The van der Waals surface area contributed by atoms with Crippen LogP contribution in [0.5, 0.6) is 0 Å². The summed E-state index contributed by atoms with van der Waals surface area (Å²) in [6.07, 6.45) is 0. The minimum atomic E-state index is 0.582. The lowest BCUT2D eigenvalue weighted by atomic mass is 9.92. The Morgan fingerprint density at radius 3 is 2.62 bits per heavy atom. The predicted octanol–water partition coefficient (Wildman–Crippen LogP) is 5.29. The third kappa shape index (κ3) is 2.19. The van der Waals surface area contributed by atoms with Gasteiger partial charge in [-0.3, -0.25) is 4.90 Å². The maximum Gasteiger partial charge on any atom is 0.0343 e. The number of hydrogen-bond donors (Lipinski definition) is 0. The van der Waals surface area contributed by atoms with Gasteiger partial charge in [0.1, 0.15) is 0 Å². The molecule has 1 aliphatic heterocycles. The SMILES string of the molecule is CC(C)N1Cc2cccc3cc(-c4cccs4)cc(c23)C1. The zero-order valence-corrected chi connectivity index (χ0v) is 13.3. The zero-order chi connectivity index (χ0) is 14.4. The van der Waals surface area contributed by atoms with Gasteiger partial charge in [0.05, 0.1) is 0 Å². The number of nitrogens with zero attached hydrogens (tertiary/aromatic N) is 1. The van der Waals surface area contributed by atoms with Gasteiger partial charge < -0.3 is 0 Å². The highest BCUT2D eigenvalue weighted by atomic mass is 32.1. The molecule has 0 spiro atoms. The minimum absolute atomic E-state index is 0.582. The molecule has 1 aromatic heterocycles. The highest BCUT2D eigenvalue weighted by Gasteiger charge is 2.21. The Kier molecular flexibility index (Phi) is 3.09. The average molecular weight is 293 g/mol. The fraction of sp³-hybridized carbons (Fsp3) is 0.263. The fourth-order valence-corrected chi connectivity index (χ4v) is 4.02. The van der Waals surface area contributed by atoms with Crippen LogP contribution in [0, 0.1) is 0 Å². The fourth-order valence-electron chi connectivity index (χ4n) is 3.30. The molecule has 0 fully saturated rings.